The molecule has 0 spiro atoms. The molecule has 0 saturated carbocycles. The van der Waals surface area contributed by atoms with Gasteiger partial charge in [0.25, 0.3) is 0 Å². The van der Waals surface area contributed by atoms with Crippen LogP contribution in [0.25, 0.3) is 22.3 Å². The Balaban J connectivity index is 0.000000566. The highest BCUT2D eigenvalue weighted by Gasteiger charge is 2.24. The second kappa shape index (κ2) is 16.9. The summed E-state index contributed by atoms with van der Waals surface area (Å²) in [4.78, 5) is 24.0. The zero-order valence-electron chi connectivity index (χ0n) is 25.3. The largest absolute Gasteiger partial charge is 0.372 e. The molecule has 9 nitrogen and oxygen atoms in total. The molecule has 4 aromatic rings. The molecule has 3 N–H and O–H groups in total. The first-order valence-electron chi connectivity index (χ1n) is 14.5. The van der Waals surface area contributed by atoms with Gasteiger partial charge in [-0.05, 0) is 88.6 Å². The van der Waals surface area contributed by atoms with Crippen molar-refractivity contribution in [1.82, 2.24) is 29.1 Å². The lowest BCUT2D eigenvalue weighted by Gasteiger charge is -2.32. The van der Waals surface area contributed by atoms with Gasteiger partial charge in [0.2, 0.25) is 6.41 Å². The van der Waals surface area contributed by atoms with Crippen LogP contribution in [0.15, 0.2) is 47.4 Å². The number of rotatable bonds is 8. The second-order valence-electron chi connectivity index (χ2n) is 10.6. The van der Waals surface area contributed by atoms with Crippen LogP contribution in [0.2, 0.25) is 15.1 Å². The van der Waals surface area contributed by atoms with Crippen molar-refractivity contribution in [2.75, 3.05) is 33.2 Å². The Morgan fingerprint density at radius 3 is 2.35 bits per heavy atom. The molecule has 3 heterocycles. The molecule has 0 unspecified atom stereocenters. The summed E-state index contributed by atoms with van der Waals surface area (Å²) in [5, 5.41) is 9.54. The van der Waals surface area contributed by atoms with Gasteiger partial charge in [0.15, 0.2) is 0 Å². The minimum atomic E-state index is 0.0348. The Morgan fingerprint density at radius 1 is 1.05 bits per heavy atom. The Bertz CT molecular complexity index is 1540. The van der Waals surface area contributed by atoms with Crippen molar-refractivity contribution in [2.45, 2.75) is 52.1 Å². The van der Waals surface area contributed by atoms with Crippen LogP contribution in [0, 0.1) is 6.92 Å². The molecule has 234 valence electrons. The summed E-state index contributed by atoms with van der Waals surface area (Å²) in [6.07, 6.45) is 6.48. The summed E-state index contributed by atoms with van der Waals surface area (Å²) in [6, 6.07) is 11.5. The normalized spacial score (nSPS) is 13.7. The number of nitrogens with two attached hydrogens (primary N) is 1. The van der Waals surface area contributed by atoms with Crippen molar-refractivity contribution < 1.29 is 4.79 Å². The van der Waals surface area contributed by atoms with Gasteiger partial charge in [0, 0.05) is 49.5 Å². The number of primary amides is 1. The molecular formula is C31H42Cl3N7O2. The SMILES string of the molecule is CCCNC.Cc1cn(CCCN2CCC(n3c(=O)n(C)c4ccc(Cl)cc43)CC2)nc1-c1ccc(Cl)c(Cl)c1.NC=O. The zero-order chi connectivity index (χ0) is 31.5. The molecule has 1 fully saturated rings. The van der Waals surface area contributed by atoms with Crippen LogP contribution in [0.3, 0.4) is 0 Å². The summed E-state index contributed by atoms with van der Waals surface area (Å²) in [5.74, 6) is 0. The number of fused-ring (bicyclic) bond motifs is 1. The number of carbonyl (C=O) groups excluding carboxylic acids is 1. The molecule has 1 saturated heterocycles. The summed E-state index contributed by atoms with van der Waals surface area (Å²) < 4.78 is 5.67. The van der Waals surface area contributed by atoms with Gasteiger partial charge >= 0.3 is 5.69 Å². The fourth-order valence-electron chi connectivity index (χ4n) is 5.37. The number of nitrogens with zero attached hydrogens (tertiary/aromatic N) is 5. The highest BCUT2D eigenvalue weighted by atomic mass is 35.5. The Kier molecular flexibility index (Phi) is 13.6. The van der Waals surface area contributed by atoms with Crippen molar-refractivity contribution in [3.8, 4) is 11.3 Å². The lowest BCUT2D eigenvalue weighted by Crippen LogP contribution is -2.38. The first kappa shape index (κ1) is 34.7. The summed E-state index contributed by atoms with van der Waals surface area (Å²) in [7, 11) is 3.79. The van der Waals surface area contributed by atoms with Crippen molar-refractivity contribution in [2.24, 2.45) is 12.8 Å². The topological polar surface area (TPSA) is 103 Å². The van der Waals surface area contributed by atoms with E-state index in [1.807, 2.05) is 59.7 Å². The minimum Gasteiger partial charge on any atom is -0.372 e. The standard InChI is InChI=1S/C26H28Cl3N5O.C4H11N.CH3NO/c1-17-16-33(30-25(17)18-4-6-21(28)22(29)14-18)11-3-10-32-12-8-20(9-13-32)34-24-15-19(27)5-7-23(24)31(2)26(34)35;1-3-4-5-2;2-1-3/h4-7,14-16,20H,3,8-13H2,1-2H3;5H,3-4H2,1-2H3;1H,(H2,2,3). The maximum absolute atomic E-state index is 12.9. The van der Waals surface area contributed by atoms with Crippen LogP contribution in [-0.4, -0.2) is 63.5 Å². The predicted octanol–water partition coefficient (Wildman–Crippen LogP) is 5.92. The molecule has 0 bridgehead atoms. The number of aryl methyl sites for hydroxylation is 3. The molecule has 5 rings (SSSR count). The maximum atomic E-state index is 12.9. The van der Waals surface area contributed by atoms with Gasteiger partial charge in [0.05, 0.1) is 26.8 Å². The van der Waals surface area contributed by atoms with Crippen LogP contribution in [0.1, 0.15) is 44.2 Å². The fraction of sp³-hybridized carbons (Fsp3) is 0.452. The third kappa shape index (κ3) is 9.09. The Labute approximate surface area is 268 Å². The number of halogens is 3. The molecular weight excluding hydrogens is 609 g/mol. The van der Waals surface area contributed by atoms with E-state index >= 15 is 0 Å². The monoisotopic (exact) mass is 649 g/mol. The van der Waals surface area contributed by atoms with E-state index in [0.717, 1.165) is 79.8 Å². The first-order valence-corrected chi connectivity index (χ1v) is 15.7. The van der Waals surface area contributed by atoms with E-state index in [0.29, 0.717) is 15.1 Å². The van der Waals surface area contributed by atoms with Crippen molar-refractivity contribution in [3.05, 3.63) is 73.7 Å². The second-order valence-corrected chi connectivity index (χ2v) is 11.8. The van der Waals surface area contributed by atoms with Crippen LogP contribution < -0.4 is 16.7 Å². The van der Waals surface area contributed by atoms with E-state index in [-0.39, 0.29) is 18.1 Å². The molecule has 0 radical (unpaired) electrons. The lowest BCUT2D eigenvalue weighted by molar-refractivity contribution is -0.106. The van der Waals surface area contributed by atoms with Crippen molar-refractivity contribution in [1.29, 1.82) is 0 Å². The third-order valence-corrected chi connectivity index (χ3v) is 8.45. The summed E-state index contributed by atoms with van der Waals surface area (Å²) in [5.41, 5.74) is 9.08. The van der Waals surface area contributed by atoms with Gasteiger partial charge in [-0.25, -0.2) is 4.79 Å². The lowest BCUT2D eigenvalue weighted by atomic mass is 10.0. The van der Waals surface area contributed by atoms with Gasteiger partial charge in [-0.2, -0.15) is 5.10 Å². The number of carbonyl (C=O) groups is 1. The van der Waals surface area contributed by atoms with Crippen molar-refractivity contribution in [3.63, 3.8) is 0 Å². The number of imidazole rings is 1. The average Bonchev–Trinajstić information content (AvgIpc) is 3.47. The van der Waals surface area contributed by atoms with Gasteiger partial charge < -0.3 is 16.0 Å². The van der Waals surface area contributed by atoms with Crippen LogP contribution in [0.5, 0.6) is 0 Å². The Hall–Kier alpha value is -2.82. The molecule has 1 amide bonds. The van der Waals surface area contributed by atoms with E-state index < -0.39 is 0 Å². The summed E-state index contributed by atoms with van der Waals surface area (Å²) >= 11 is 18.5. The Morgan fingerprint density at radius 2 is 1.74 bits per heavy atom. The predicted molar refractivity (Wildman–Crippen MR) is 178 cm³/mol. The summed E-state index contributed by atoms with van der Waals surface area (Å²) in [6.45, 7) is 9.15. The fourth-order valence-corrected chi connectivity index (χ4v) is 5.83. The van der Waals surface area contributed by atoms with E-state index in [4.69, 9.17) is 44.7 Å². The third-order valence-electron chi connectivity index (χ3n) is 7.47. The number of hydrogen-bond donors (Lipinski definition) is 2. The number of benzene rings is 2. The first-order chi connectivity index (χ1) is 20.6. The quantitative estimate of drug-likeness (QED) is 0.231. The number of nitrogens with one attached hydrogen (secondary N) is 1. The molecule has 12 heteroatoms. The maximum Gasteiger partial charge on any atom is 0.329 e. The number of likely N-dealkylation sites (tertiary alicyclic amines) is 1. The zero-order valence-corrected chi connectivity index (χ0v) is 27.6. The molecule has 0 atom stereocenters. The van der Waals surface area contributed by atoms with Gasteiger partial charge in [-0.15, -0.1) is 0 Å². The number of aromatic nitrogens is 4. The highest BCUT2D eigenvalue weighted by Crippen LogP contribution is 2.30. The van der Waals surface area contributed by atoms with Crippen LogP contribution >= 0.6 is 34.8 Å². The molecule has 1 aliphatic rings. The number of piperidine rings is 1. The highest BCUT2D eigenvalue weighted by molar-refractivity contribution is 6.42. The van der Waals surface area contributed by atoms with E-state index in [2.05, 4.69) is 36.0 Å². The minimum absolute atomic E-state index is 0.0348. The van der Waals surface area contributed by atoms with Gasteiger partial charge in [0.1, 0.15) is 0 Å². The molecule has 2 aromatic carbocycles. The van der Waals surface area contributed by atoms with Crippen molar-refractivity contribution >= 4 is 52.2 Å². The smallest absolute Gasteiger partial charge is 0.329 e. The molecule has 2 aromatic heterocycles. The molecule has 0 aliphatic carbocycles. The van der Waals surface area contributed by atoms with E-state index in [1.165, 1.54) is 6.42 Å². The molecule has 43 heavy (non-hydrogen) atoms. The van der Waals surface area contributed by atoms with Gasteiger partial charge in [-0.3, -0.25) is 18.6 Å². The van der Waals surface area contributed by atoms with Crippen LogP contribution in [-0.2, 0) is 18.4 Å². The average molecular weight is 651 g/mol. The van der Waals surface area contributed by atoms with E-state index in [9.17, 15) is 4.79 Å². The molecule has 1 aliphatic heterocycles. The number of amides is 1. The van der Waals surface area contributed by atoms with Crippen LogP contribution in [0.4, 0.5) is 0 Å². The number of hydrogen-bond acceptors (Lipinski definition) is 5. The van der Waals surface area contributed by atoms with E-state index in [1.54, 1.807) is 4.57 Å². The van der Waals surface area contributed by atoms with Gasteiger partial charge in [-0.1, -0.05) is 47.8 Å².